The highest BCUT2D eigenvalue weighted by Gasteiger charge is 2.31. The Hall–Kier alpha value is -4.05. The third-order valence-electron chi connectivity index (χ3n) is 5.01. The van der Waals surface area contributed by atoms with E-state index in [1.54, 1.807) is 0 Å². The highest BCUT2D eigenvalue weighted by molar-refractivity contribution is 5.94. The molecule has 0 bridgehead atoms. The Bertz CT molecular complexity index is 936. The van der Waals surface area contributed by atoms with E-state index in [0.717, 1.165) is 0 Å². The molecule has 0 radical (unpaired) electrons. The maximum absolute atomic E-state index is 12.9. The number of aliphatic hydroxyl groups excluding tert-OH is 1. The SMILES string of the molecule is CC(O)C(N)C(=O)NC(CCC(=O)O)C(=O)NC(CCC(N)=O)C(=O)NC(Cc1cnc[nH]1)C(=O)O. The van der Waals surface area contributed by atoms with E-state index in [1.165, 1.54) is 19.4 Å². The third kappa shape index (κ3) is 10.5. The summed E-state index contributed by atoms with van der Waals surface area (Å²) in [6.07, 6.45) is -0.335. The van der Waals surface area contributed by atoms with Crippen LogP contribution in [-0.2, 0) is 35.2 Å². The Morgan fingerprint density at radius 2 is 1.47 bits per heavy atom. The highest BCUT2D eigenvalue weighted by atomic mass is 16.4. The molecule has 1 rings (SSSR count). The van der Waals surface area contributed by atoms with Crippen molar-refractivity contribution < 1.29 is 44.1 Å². The second-order valence-electron chi connectivity index (χ2n) is 8.01. The van der Waals surface area contributed by atoms with E-state index in [1.807, 2.05) is 0 Å². The minimum Gasteiger partial charge on any atom is -0.481 e. The van der Waals surface area contributed by atoms with Gasteiger partial charge >= 0.3 is 11.9 Å². The van der Waals surface area contributed by atoms with Crippen LogP contribution in [0.25, 0.3) is 0 Å². The lowest BCUT2D eigenvalue weighted by atomic mass is 10.1. The number of nitrogens with zero attached hydrogens (tertiary/aromatic N) is 1. The first kappa shape index (κ1) is 30.0. The van der Waals surface area contributed by atoms with Gasteiger partial charge in [-0.1, -0.05) is 0 Å². The Balaban J connectivity index is 3.04. The molecule has 16 heteroatoms. The van der Waals surface area contributed by atoms with Crippen LogP contribution < -0.4 is 27.4 Å². The summed E-state index contributed by atoms with van der Waals surface area (Å²) in [4.78, 5) is 78.3. The molecule has 16 nitrogen and oxygen atoms in total. The summed E-state index contributed by atoms with van der Waals surface area (Å²) in [5.74, 6) is -6.34. The van der Waals surface area contributed by atoms with Crippen molar-refractivity contribution in [2.45, 2.75) is 69.3 Å². The number of aromatic nitrogens is 2. The van der Waals surface area contributed by atoms with Crippen molar-refractivity contribution in [1.29, 1.82) is 0 Å². The number of aliphatic hydroxyl groups is 1. The number of nitrogens with one attached hydrogen (secondary N) is 4. The van der Waals surface area contributed by atoms with Gasteiger partial charge in [0, 0.05) is 31.2 Å². The lowest BCUT2D eigenvalue weighted by Crippen LogP contribution is -2.58. The fourth-order valence-corrected chi connectivity index (χ4v) is 2.94. The number of amides is 4. The first-order valence-corrected chi connectivity index (χ1v) is 10.9. The van der Waals surface area contributed by atoms with E-state index in [4.69, 9.17) is 16.6 Å². The number of hydrogen-bond acceptors (Lipinski definition) is 9. The Labute approximate surface area is 205 Å². The maximum Gasteiger partial charge on any atom is 0.326 e. The number of imidazole rings is 1. The monoisotopic (exact) mass is 513 g/mol. The van der Waals surface area contributed by atoms with Crippen LogP contribution in [0.1, 0.15) is 38.3 Å². The number of nitrogens with two attached hydrogens (primary N) is 2. The van der Waals surface area contributed by atoms with Crippen molar-refractivity contribution in [2.75, 3.05) is 0 Å². The number of carbonyl (C=O) groups is 6. The van der Waals surface area contributed by atoms with Crippen LogP contribution in [0.2, 0.25) is 0 Å². The molecule has 0 aliphatic rings. The molecule has 0 fully saturated rings. The summed E-state index contributed by atoms with van der Waals surface area (Å²) in [6, 6.07) is -5.76. The van der Waals surface area contributed by atoms with Crippen molar-refractivity contribution in [3.63, 3.8) is 0 Å². The lowest BCUT2D eigenvalue weighted by molar-refractivity contribution is -0.142. The maximum atomic E-state index is 12.9. The van der Waals surface area contributed by atoms with Gasteiger partial charge in [-0.15, -0.1) is 0 Å². The van der Waals surface area contributed by atoms with Crippen LogP contribution >= 0.6 is 0 Å². The van der Waals surface area contributed by atoms with Crippen LogP contribution in [0.5, 0.6) is 0 Å². The van der Waals surface area contributed by atoms with Crippen LogP contribution in [0.4, 0.5) is 0 Å². The average Bonchev–Trinajstić information content (AvgIpc) is 3.30. The summed E-state index contributed by atoms with van der Waals surface area (Å²) < 4.78 is 0. The van der Waals surface area contributed by atoms with Gasteiger partial charge in [-0.3, -0.25) is 24.0 Å². The Morgan fingerprint density at radius 1 is 0.944 bits per heavy atom. The minimum atomic E-state index is -1.47. The smallest absolute Gasteiger partial charge is 0.326 e. The number of H-pyrrole nitrogens is 1. The van der Waals surface area contributed by atoms with Crippen LogP contribution in [0, 0.1) is 0 Å². The van der Waals surface area contributed by atoms with Crippen molar-refractivity contribution in [2.24, 2.45) is 11.5 Å². The Morgan fingerprint density at radius 3 is 1.92 bits per heavy atom. The predicted octanol–water partition coefficient (Wildman–Crippen LogP) is -3.67. The zero-order chi connectivity index (χ0) is 27.4. The molecule has 0 saturated heterocycles. The van der Waals surface area contributed by atoms with Crippen molar-refractivity contribution in [3.8, 4) is 0 Å². The number of aliphatic carboxylic acids is 2. The number of rotatable bonds is 16. The Kier molecular flexibility index (Phi) is 12.0. The highest BCUT2D eigenvalue weighted by Crippen LogP contribution is 2.06. The number of aromatic amines is 1. The number of carboxylic acids is 2. The van der Waals surface area contributed by atoms with Gasteiger partial charge in [0.15, 0.2) is 0 Å². The van der Waals surface area contributed by atoms with E-state index in [2.05, 4.69) is 25.9 Å². The van der Waals surface area contributed by atoms with Crippen molar-refractivity contribution in [1.82, 2.24) is 25.9 Å². The van der Waals surface area contributed by atoms with Gasteiger partial charge in [-0.2, -0.15) is 0 Å². The first-order valence-electron chi connectivity index (χ1n) is 10.9. The summed E-state index contributed by atoms with van der Waals surface area (Å²) in [5, 5.41) is 34.7. The normalized spacial score (nSPS) is 15.0. The van der Waals surface area contributed by atoms with Crippen LogP contribution in [0.15, 0.2) is 12.5 Å². The molecule has 1 heterocycles. The molecule has 5 atom stereocenters. The molecule has 36 heavy (non-hydrogen) atoms. The minimum absolute atomic E-state index is 0.161. The number of hydrogen-bond donors (Lipinski definition) is 9. The molecule has 0 aromatic carbocycles. The average molecular weight is 514 g/mol. The van der Waals surface area contributed by atoms with Gasteiger partial charge in [0.25, 0.3) is 0 Å². The number of carbonyl (C=O) groups excluding carboxylic acids is 4. The largest absolute Gasteiger partial charge is 0.481 e. The number of primary amides is 1. The second-order valence-corrected chi connectivity index (χ2v) is 8.01. The molecule has 0 aliphatic heterocycles. The molecule has 200 valence electrons. The molecule has 0 aliphatic carbocycles. The van der Waals surface area contributed by atoms with E-state index in [-0.39, 0.29) is 25.7 Å². The molecule has 0 spiro atoms. The summed E-state index contributed by atoms with van der Waals surface area (Å²) in [6.45, 7) is 1.24. The van der Waals surface area contributed by atoms with E-state index in [9.17, 15) is 39.0 Å². The summed E-state index contributed by atoms with van der Waals surface area (Å²) in [7, 11) is 0. The summed E-state index contributed by atoms with van der Waals surface area (Å²) >= 11 is 0. The molecule has 11 N–H and O–H groups in total. The second kappa shape index (κ2) is 14.4. The van der Waals surface area contributed by atoms with Gasteiger partial charge in [0.05, 0.1) is 12.4 Å². The molecule has 1 aromatic heterocycles. The van der Waals surface area contributed by atoms with E-state index < -0.39 is 72.3 Å². The van der Waals surface area contributed by atoms with E-state index in [0.29, 0.717) is 5.69 Å². The molecule has 4 amide bonds. The van der Waals surface area contributed by atoms with Crippen LogP contribution in [-0.4, -0.2) is 91.1 Å². The van der Waals surface area contributed by atoms with Crippen molar-refractivity contribution >= 4 is 35.6 Å². The zero-order valence-electron chi connectivity index (χ0n) is 19.5. The predicted molar refractivity (Wildman–Crippen MR) is 121 cm³/mol. The summed E-state index contributed by atoms with van der Waals surface area (Å²) in [5.41, 5.74) is 11.1. The zero-order valence-corrected chi connectivity index (χ0v) is 19.5. The number of carboxylic acid groups (broad SMARTS) is 2. The fraction of sp³-hybridized carbons (Fsp3) is 0.550. The standard InChI is InChI=1S/C20H31N7O9/c1-9(28)16(22)19(34)26-12(3-5-15(30)31)17(32)25-11(2-4-14(21)29)18(33)27-13(20(35)36)6-10-7-23-8-24-10/h7-9,11-13,16,28H,2-6,22H2,1H3,(H2,21,29)(H,23,24)(H,25,32)(H,26,34)(H,27,33)(H,30,31)(H,35,36). The van der Waals surface area contributed by atoms with E-state index >= 15 is 0 Å². The molecular weight excluding hydrogens is 482 g/mol. The molecular formula is C20H31N7O9. The molecule has 5 unspecified atom stereocenters. The van der Waals surface area contributed by atoms with Gasteiger partial charge in [0.1, 0.15) is 24.2 Å². The first-order chi connectivity index (χ1) is 16.8. The molecule has 0 saturated carbocycles. The van der Waals surface area contributed by atoms with Gasteiger partial charge in [-0.05, 0) is 19.8 Å². The fourth-order valence-electron chi connectivity index (χ4n) is 2.94. The third-order valence-corrected chi connectivity index (χ3v) is 5.01. The van der Waals surface area contributed by atoms with Gasteiger partial charge in [0.2, 0.25) is 23.6 Å². The van der Waals surface area contributed by atoms with Crippen LogP contribution in [0.3, 0.4) is 0 Å². The molecule has 1 aromatic rings. The topological polar surface area (TPSA) is 280 Å². The van der Waals surface area contributed by atoms with Gasteiger partial charge in [-0.25, -0.2) is 9.78 Å². The quantitative estimate of drug-likeness (QED) is 0.104. The lowest BCUT2D eigenvalue weighted by Gasteiger charge is -2.25. The van der Waals surface area contributed by atoms with Crippen molar-refractivity contribution in [3.05, 3.63) is 18.2 Å². The van der Waals surface area contributed by atoms with Gasteiger partial charge < -0.3 is 47.7 Å².